The Kier molecular flexibility index (Phi) is 3.62. The molecule has 0 spiro atoms. The molecular weight excluding hydrogens is 248 g/mol. The van der Waals surface area contributed by atoms with Crippen molar-refractivity contribution in [3.05, 3.63) is 36.0 Å². The summed E-state index contributed by atoms with van der Waals surface area (Å²) in [5, 5.41) is 1.14. The number of ether oxygens (including phenoxy) is 1. The molecular formula is C17H22N2O. The normalized spacial score (nSPS) is 18.1. The number of aromatic nitrogens is 1. The van der Waals surface area contributed by atoms with Crippen LogP contribution in [0.1, 0.15) is 44.6 Å². The number of benzene rings is 1. The minimum atomic E-state index is -0.204. The molecule has 3 nitrogen and oxygen atoms in total. The third-order valence-corrected chi connectivity index (χ3v) is 4.31. The first-order chi connectivity index (χ1) is 9.74. The zero-order valence-electron chi connectivity index (χ0n) is 12.1. The minimum absolute atomic E-state index is 0.204. The predicted octanol–water partition coefficient (Wildman–Crippen LogP) is 3.75. The summed E-state index contributed by atoms with van der Waals surface area (Å²) >= 11 is 0. The van der Waals surface area contributed by atoms with Gasteiger partial charge in [0.15, 0.2) is 0 Å². The molecule has 1 aromatic carbocycles. The van der Waals surface area contributed by atoms with E-state index in [4.69, 9.17) is 10.5 Å². The van der Waals surface area contributed by atoms with Crippen LogP contribution in [0.25, 0.3) is 10.9 Å². The van der Waals surface area contributed by atoms with Crippen molar-refractivity contribution in [3.63, 3.8) is 0 Å². The van der Waals surface area contributed by atoms with E-state index < -0.39 is 0 Å². The van der Waals surface area contributed by atoms with Gasteiger partial charge in [-0.05, 0) is 37.5 Å². The molecule has 106 valence electrons. The van der Waals surface area contributed by atoms with Crippen LogP contribution in [0.15, 0.2) is 30.5 Å². The van der Waals surface area contributed by atoms with Gasteiger partial charge < -0.3 is 10.5 Å². The molecule has 3 rings (SSSR count). The second kappa shape index (κ2) is 5.41. The Morgan fingerprint density at radius 3 is 2.75 bits per heavy atom. The fraction of sp³-hybridized carbons (Fsp3) is 0.471. The van der Waals surface area contributed by atoms with Crippen LogP contribution in [0.2, 0.25) is 0 Å². The van der Waals surface area contributed by atoms with Crippen molar-refractivity contribution in [2.24, 2.45) is 5.73 Å². The highest BCUT2D eigenvalue weighted by atomic mass is 16.5. The van der Waals surface area contributed by atoms with Gasteiger partial charge in [-0.1, -0.05) is 31.4 Å². The Morgan fingerprint density at radius 1 is 1.20 bits per heavy atom. The largest absolute Gasteiger partial charge is 0.492 e. The lowest BCUT2D eigenvalue weighted by atomic mass is 9.76. The summed E-state index contributed by atoms with van der Waals surface area (Å²) in [4.78, 5) is 4.51. The molecule has 0 saturated heterocycles. The molecule has 1 heterocycles. The zero-order chi connectivity index (χ0) is 14.0. The monoisotopic (exact) mass is 270 g/mol. The average Bonchev–Trinajstić information content (AvgIpc) is 2.48. The third-order valence-electron chi connectivity index (χ3n) is 4.31. The van der Waals surface area contributed by atoms with Gasteiger partial charge in [0.1, 0.15) is 11.3 Å². The van der Waals surface area contributed by atoms with Crippen LogP contribution in [0.5, 0.6) is 5.75 Å². The molecule has 0 unspecified atom stereocenters. The SMILES string of the molecule is CCOc1ccc(C2(N)CCCCC2)c2cccnc12. The van der Waals surface area contributed by atoms with Crippen LogP contribution in [-0.4, -0.2) is 11.6 Å². The number of pyridine rings is 1. The topological polar surface area (TPSA) is 48.1 Å². The highest BCUT2D eigenvalue weighted by Gasteiger charge is 2.31. The number of fused-ring (bicyclic) bond motifs is 1. The first kappa shape index (κ1) is 13.4. The summed E-state index contributed by atoms with van der Waals surface area (Å²) in [7, 11) is 0. The molecule has 0 amide bonds. The van der Waals surface area contributed by atoms with E-state index in [0.29, 0.717) is 6.61 Å². The molecule has 0 bridgehead atoms. The van der Waals surface area contributed by atoms with Crippen LogP contribution in [0, 0.1) is 0 Å². The Labute approximate surface area is 120 Å². The smallest absolute Gasteiger partial charge is 0.145 e. The molecule has 3 heteroatoms. The van der Waals surface area contributed by atoms with E-state index >= 15 is 0 Å². The summed E-state index contributed by atoms with van der Waals surface area (Å²) < 4.78 is 5.69. The van der Waals surface area contributed by atoms with Crippen LogP contribution >= 0.6 is 0 Å². The summed E-state index contributed by atoms with van der Waals surface area (Å²) in [6.45, 7) is 2.65. The fourth-order valence-electron chi connectivity index (χ4n) is 3.30. The summed E-state index contributed by atoms with van der Waals surface area (Å²) in [6, 6.07) is 8.26. The van der Waals surface area contributed by atoms with Crippen LogP contribution < -0.4 is 10.5 Å². The Morgan fingerprint density at radius 2 is 2.00 bits per heavy atom. The van der Waals surface area contributed by atoms with Gasteiger partial charge in [-0.2, -0.15) is 0 Å². The van der Waals surface area contributed by atoms with Gasteiger partial charge in [0.2, 0.25) is 0 Å². The molecule has 0 aliphatic heterocycles. The van der Waals surface area contributed by atoms with Gasteiger partial charge in [0, 0.05) is 17.1 Å². The molecule has 20 heavy (non-hydrogen) atoms. The van der Waals surface area contributed by atoms with Crippen molar-refractivity contribution in [2.75, 3.05) is 6.61 Å². The molecule has 0 radical (unpaired) electrons. The molecule has 1 aliphatic carbocycles. The van der Waals surface area contributed by atoms with Crippen molar-refractivity contribution >= 4 is 10.9 Å². The van der Waals surface area contributed by atoms with Gasteiger partial charge in [-0.3, -0.25) is 4.98 Å². The number of nitrogens with zero attached hydrogens (tertiary/aromatic N) is 1. The predicted molar refractivity (Wildman–Crippen MR) is 81.9 cm³/mol. The summed E-state index contributed by atoms with van der Waals surface area (Å²) in [5.41, 5.74) is 8.66. The third kappa shape index (κ3) is 2.27. The highest BCUT2D eigenvalue weighted by molar-refractivity contribution is 5.88. The first-order valence-corrected chi connectivity index (χ1v) is 7.54. The molecule has 2 aromatic rings. The van der Waals surface area contributed by atoms with Gasteiger partial charge in [0.25, 0.3) is 0 Å². The summed E-state index contributed by atoms with van der Waals surface area (Å²) in [5.74, 6) is 0.853. The van der Waals surface area contributed by atoms with Gasteiger partial charge >= 0.3 is 0 Å². The van der Waals surface area contributed by atoms with Crippen molar-refractivity contribution in [3.8, 4) is 5.75 Å². The lowest BCUT2D eigenvalue weighted by Crippen LogP contribution is -2.38. The van der Waals surface area contributed by atoms with Gasteiger partial charge in [-0.15, -0.1) is 0 Å². The molecule has 1 aromatic heterocycles. The van der Waals surface area contributed by atoms with Gasteiger partial charge in [0.05, 0.1) is 6.61 Å². The maximum Gasteiger partial charge on any atom is 0.145 e. The number of rotatable bonds is 3. The Balaban J connectivity index is 2.14. The Bertz CT molecular complexity index is 603. The number of hydrogen-bond acceptors (Lipinski definition) is 3. The summed E-state index contributed by atoms with van der Waals surface area (Å²) in [6.07, 6.45) is 7.66. The van der Waals surface area contributed by atoms with Crippen LogP contribution in [0.4, 0.5) is 0 Å². The standard InChI is InChI=1S/C17H22N2O/c1-2-20-15-9-8-14(13-7-6-12-19-16(13)15)17(18)10-4-3-5-11-17/h6-9,12H,2-5,10-11,18H2,1H3. The van der Waals surface area contributed by atoms with E-state index in [0.717, 1.165) is 29.5 Å². The maximum atomic E-state index is 6.70. The van der Waals surface area contributed by atoms with Crippen molar-refractivity contribution in [2.45, 2.75) is 44.6 Å². The van der Waals surface area contributed by atoms with E-state index in [-0.39, 0.29) is 5.54 Å². The van der Waals surface area contributed by atoms with Crippen LogP contribution in [0.3, 0.4) is 0 Å². The lowest BCUT2D eigenvalue weighted by Gasteiger charge is -2.35. The van der Waals surface area contributed by atoms with Crippen molar-refractivity contribution < 1.29 is 4.74 Å². The average molecular weight is 270 g/mol. The quantitative estimate of drug-likeness (QED) is 0.924. The molecule has 2 N–H and O–H groups in total. The van der Waals surface area contributed by atoms with E-state index in [1.54, 1.807) is 0 Å². The first-order valence-electron chi connectivity index (χ1n) is 7.54. The number of hydrogen-bond donors (Lipinski definition) is 1. The van der Waals surface area contributed by atoms with Gasteiger partial charge in [-0.25, -0.2) is 0 Å². The van der Waals surface area contributed by atoms with Crippen LogP contribution in [-0.2, 0) is 5.54 Å². The fourth-order valence-corrected chi connectivity index (χ4v) is 3.30. The maximum absolute atomic E-state index is 6.70. The van der Waals surface area contributed by atoms with E-state index in [1.807, 2.05) is 25.3 Å². The second-order valence-corrected chi connectivity index (χ2v) is 5.66. The van der Waals surface area contributed by atoms with Crippen molar-refractivity contribution in [1.82, 2.24) is 4.98 Å². The zero-order valence-corrected chi connectivity index (χ0v) is 12.1. The molecule has 1 saturated carbocycles. The molecule has 0 atom stereocenters. The van der Waals surface area contributed by atoms with Crippen molar-refractivity contribution in [1.29, 1.82) is 0 Å². The highest BCUT2D eigenvalue weighted by Crippen LogP contribution is 2.39. The second-order valence-electron chi connectivity index (χ2n) is 5.66. The van der Waals surface area contributed by atoms with E-state index in [1.165, 1.54) is 24.8 Å². The van der Waals surface area contributed by atoms with E-state index in [9.17, 15) is 0 Å². The lowest BCUT2D eigenvalue weighted by molar-refractivity contribution is 0.304. The molecule has 1 aliphatic rings. The minimum Gasteiger partial charge on any atom is -0.492 e. The number of nitrogens with two attached hydrogens (primary N) is 1. The van der Waals surface area contributed by atoms with E-state index in [2.05, 4.69) is 17.1 Å². The Hall–Kier alpha value is -1.61. The molecule has 1 fully saturated rings.